The van der Waals surface area contributed by atoms with Gasteiger partial charge in [-0.25, -0.2) is 9.59 Å². The number of fused-ring (bicyclic) bond motifs is 1. The molecule has 138 valence electrons. The van der Waals surface area contributed by atoms with Gasteiger partial charge in [-0.05, 0) is 50.2 Å². The standard InChI is InChI=1S/C19H26O6/c1-11(2)18(22)24-15-7-13(9-20)5-4-6-14(10-21)8-16-17(15)12(3)19(23)25-16/h8,13,15-17,20-21H,1,3-7,9-10H2,2H3/b14-8-/t13-,15-,16-,17-/m0/s1. The summed E-state index contributed by atoms with van der Waals surface area (Å²) in [6.07, 6.45) is 3.04. The minimum atomic E-state index is -0.653. The fourth-order valence-electron chi connectivity index (χ4n) is 3.36. The van der Waals surface area contributed by atoms with E-state index in [-0.39, 0.29) is 30.3 Å². The minimum Gasteiger partial charge on any atom is -0.458 e. The second-order valence-corrected chi connectivity index (χ2v) is 6.80. The predicted octanol–water partition coefficient (Wildman–Crippen LogP) is 1.67. The van der Waals surface area contributed by atoms with E-state index in [9.17, 15) is 19.8 Å². The zero-order valence-corrected chi connectivity index (χ0v) is 14.6. The molecule has 0 amide bonds. The van der Waals surface area contributed by atoms with E-state index in [0.29, 0.717) is 12.8 Å². The van der Waals surface area contributed by atoms with Crippen molar-refractivity contribution in [3.8, 4) is 0 Å². The Bertz CT molecular complexity index is 591. The van der Waals surface area contributed by atoms with Gasteiger partial charge in [-0.3, -0.25) is 0 Å². The van der Waals surface area contributed by atoms with Crippen LogP contribution in [0.2, 0.25) is 0 Å². The molecule has 0 aromatic heterocycles. The van der Waals surface area contributed by atoms with Gasteiger partial charge >= 0.3 is 11.9 Å². The van der Waals surface area contributed by atoms with E-state index in [0.717, 1.165) is 18.4 Å². The number of aliphatic hydroxyl groups excluding tert-OH is 2. The van der Waals surface area contributed by atoms with E-state index in [4.69, 9.17) is 9.47 Å². The summed E-state index contributed by atoms with van der Waals surface area (Å²) in [5, 5.41) is 19.2. The highest BCUT2D eigenvalue weighted by molar-refractivity contribution is 5.91. The van der Waals surface area contributed by atoms with Crippen LogP contribution >= 0.6 is 0 Å². The smallest absolute Gasteiger partial charge is 0.334 e. The SMILES string of the molecule is C=C(C)C(=O)O[C@H]1C[C@@H](CO)CCC/C(CO)=C/[C@@H]2OC(=O)C(=C)[C@H]21. The van der Waals surface area contributed by atoms with E-state index in [1.165, 1.54) is 0 Å². The number of aliphatic hydroxyl groups is 2. The molecule has 1 aliphatic heterocycles. The molecule has 1 saturated heterocycles. The average Bonchev–Trinajstić information content (AvgIpc) is 2.85. The molecule has 1 aliphatic carbocycles. The molecule has 2 aliphatic rings. The van der Waals surface area contributed by atoms with E-state index < -0.39 is 30.1 Å². The van der Waals surface area contributed by atoms with Crippen LogP contribution in [-0.2, 0) is 19.1 Å². The van der Waals surface area contributed by atoms with Crippen molar-refractivity contribution < 1.29 is 29.3 Å². The van der Waals surface area contributed by atoms with E-state index >= 15 is 0 Å². The first kappa shape index (κ1) is 19.4. The molecular formula is C19H26O6. The van der Waals surface area contributed by atoms with Crippen LogP contribution in [0.4, 0.5) is 0 Å². The molecule has 6 heteroatoms. The van der Waals surface area contributed by atoms with Gasteiger partial charge < -0.3 is 19.7 Å². The highest BCUT2D eigenvalue weighted by Gasteiger charge is 2.45. The van der Waals surface area contributed by atoms with Crippen molar-refractivity contribution in [1.29, 1.82) is 0 Å². The third-order valence-electron chi connectivity index (χ3n) is 4.81. The number of hydrogen-bond donors (Lipinski definition) is 2. The number of ether oxygens (including phenoxy) is 2. The molecular weight excluding hydrogens is 324 g/mol. The summed E-state index contributed by atoms with van der Waals surface area (Å²) >= 11 is 0. The van der Waals surface area contributed by atoms with Gasteiger partial charge in [0.2, 0.25) is 0 Å². The zero-order chi connectivity index (χ0) is 18.6. The Morgan fingerprint density at radius 1 is 1.44 bits per heavy atom. The first-order valence-corrected chi connectivity index (χ1v) is 8.54. The van der Waals surface area contributed by atoms with E-state index in [1.807, 2.05) is 0 Å². The van der Waals surface area contributed by atoms with Crippen LogP contribution in [0.3, 0.4) is 0 Å². The Morgan fingerprint density at radius 2 is 2.16 bits per heavy atom. The minimum absolute atomic E-state index is 0.0437. The summed E-state index contributed by atoms with van der Waals surface area (Å²) in [4.78, 5) is 24.1. The Morgan fingerprint density at radius 3 is 2.76 bits per heavy atom. The highest BCUT2D eigenvalue weighted by Crippen LogP contribution is 2.37. The third kappa shape index (κ3) is 4.58. The molecule has 2 N–H and O–H groups in total. The second kappa shape index (κ2) is 8.45. The number of hydrogen-bond acceptors (Lipinski definition) is 6. The van der Waals surface area contributed by atoms with Crippen molar-refractivity contribution in [2.24, 2.45) is 11.8 Å². The topological polar surface area (TPSA) is 93.1 Å². The number of carbonyl (C=O) groups excluding carboxylic acids is 2. The van der Waals surface area contributed by atoms with Crippen LogP contribution < -0.4 is 0 Å². The maximum absolute atomic E-state index is 12.1. The molecule has 0 spiro atoms. The summed E-state index contributed by atoms with van der Waals surface area (Å²) in [5.41, 5.74) is 1.27. The summed E-state index contributed by atoms with van der Waals surface area (Å²) in [7, 11) is 0. The lowest BCUT2D eigenvalue weighted by Gasteiger charge is -2.30. The van der Waals surface area contributed by atoms with Crippen LogP contribution in [0.15, 0.2) is 36.0 Å². The van der Waals surface area contributed by atoms with Gasteiger partial charge in [0.05, 0.1) is 12.5 Å². The molecule has 2 rings (SSSR count). The Labute approximate surface area is 147 Å². The second-order valence-electron chi connectivity index (χ2n) is 6.80. The molecule has 25 heavy (non-hydrogen) atoms. The Hall–Kier alpha value is -1.92. The van der Waals surface area contributed by atoms with Gasteiger partial charge in [-0.1, -0.05) is 13.2 Å². The van der Waals surface area contributed by atoms with Gasteiger partial charge in [-0.2, -0.15) is 0 Å². The maximum atomic E-state index is 12.1. The van der Waals surface area contributed by atoms with Gasteiger partial charge in [0, 0.05) is 17.8 Å². The zero-order valence-electron chi connectivity index (χ0n) is 14.6. The molecule has 0 unspecified atom stereocenters. The lowest BCUT2D eigenvalue weighted by atomic mass is 9.82. The molecule has 0 aromatic carbocycles. The number of carbonyl (C=O) groups is 2. The quantitative estimate of drug-likeness (QED) is 0.455. The highest BCUT2D eigenvalue weighted by atomic mass is 16.6. The molecule has 1 fully saturated rings. The van der Waals surface area contributed by atoms with Crippen molar-refractivity contribution >= 4 is 11.9 Å². The first-order valence-electron chi connectivity index (χ1n) is 8.54. The normalized spacial score (nSPS) is 32.2. The summed E-state index contributed by atoms with van der Waals surface area (Å²) in [6, 6.07) is 0. The first-order chi connectivity index (χ1) is 11.9. The van der Waals surface area contributed by atoms with Crippen molar-refractivity contribution in [1.82, 2.24) is 0 Å². The van der Waals surface area contributed by atoms with E-state index in [1.54, 1.807) is 13.0 Å². The molecule has 1 heterocycles. The molecule has 0 radical (unpaired) electrons. The van der Waals surface area contributed by atoms with Crippen LogP contribution in [0.1, 0.15) is 32.6 Å². The van der Waals surface area contributed by atoms with Crippen molar-refractivity contribution in [3.05, 3.63) is 36.0 Å². The maximum Gasteiger partial charge on any atom is 0.334 e. The van der Waals surface area contributed by atoms with Crippen LogP contribution in [-0.4, -0.2) is 47.6 Å². The lowest BCUT2D eigenvalue weighted by Crippen LogP contribution is -2.35. The molecule has 0 aromatic rings. The average molecular weight is 350 g/mol. The van der Waals surface area contributed by atoms with Crippen molar-refractivity contribution in [3.63, 3.8) is 0 Å². The van der Waals surface area contributed by atoms with E-state index in [2.05, 4.69) is 13.2 Å². The van der Waals surface area contributed by atoms with Gasteiger partial charge in [0.25, 0.3) is 0 Å². The summed E-state index contributed by atoms with van der Waals surface area (Å²) in [6.45, 7) is 8.78. The van der Waals surface area contributed by atoms with Gasteiger partial charge in [0.1, 0.15) is 12.2 Å². The van der Waals surface area contributed by atoms with Crippen molar-refractivity contribution in [2.45, 2.75) is 44.8 Å². The largest absolute Gasteiger partial charge is 0.458 e. The molecule has 4 atom stereocenters. The fraction of sp³-hybridized carbons (Fsp3) is 0.579. The third-order valence-corrected chi connectivity index (χ3v) is 4.81. The van der Waals surface area contributed by atoms with Crippen LogP contribution in [0.25, 0.3) is 0 Å². The Balaban J connectivity index is 2.39. The molecule has 6 nitrogen and oxygen atoms in total. The summed E-state index contributed by atoms with van der Waals surface area (Å²) < 4.78 is 11.0. The van der Waals surface area contributed by atoms with Crippen LogP contribution in [0.5, 0.6) is 0 Å². The number of rotatable bonds is 4. The predicted molar refractivity (Wildman–Crippen MR) is 91.4 cm³/mol. The van der Waals surface area contributed by atoms with Crippen LogP contribution in [0, 0.1) is 11.8 Å². The fourth-order valence-corrected chi connectivity index (χ4v) is 3.36. The Kier molecular flexibility index (Phi) is 6.56. The monoisotopic (exact) mass is 350 g/mol. The van der Waals surface area contributed by atoms with Crippen molar-refractivity contribution in [2.75, 3.05) is 13.2 Å². The summed E-state index contributed by atoms with van der Waals surface area (Å²) in [5.74, 6) is -1.69. The number of esters is 2. The molecule has 0 saturated carbocycles. The lowest BCUT2D eigenvalue weighted by molar-refractivity contribution is -0.148. The van der Waals surface area contributed by atoms with Gasteiger partial charge in [-0.15, -0.1) is 0 Å². The molecule has 0 bridgehead atoms. The van der Waals surface area contributed by atoms with Gasteiger partial charge in [0.15, 0.2) is 0 Å².